The summed E-state index contributed by atoms with van der Waals surface area (Å²) in [5, 5.41) is 0. The first-order valence-electron chi connectivity index (χ1n) is 9.32. The van der Waals surface area contributed by atoms with E-state index in [0.717, 1.165) is 18.9 Å². The van der Waals surface area contributed by atoms with Gasteiger partial charge in [-0.1, -0.05) is 15.9 Å². The lowest BCUT2D eigenvalue weighted by Crippen LogP contribution is -2.59. The first-order valence-corrected chi connectivity index (χ1v) is 11.6. The quantitative estimate of drug-likeness (QED) is 0.644. The number of morpholine rings is 1. The molecule has 11 heteroatoms. The molecule has 3 aliphatic rings. The molecule has 2 heterocycles. The second kappa shape index (κ2) is 7.21. The largest absolute Gasteiger partial charge is 0.417 e. The molecule has 1 spiro atoms. The first kappa shape index (κ1) is 21.1. The standard InChI is InChI=1S/C18H20BrF3N2O4S/c19-15-4-3-13(9-14(15)18(20,21)22)29(26,27)23-7-5-17(6-8-23)11-24(12-1-2-12)16(25)10-28-17/h3-4,9,12H,1-2,5-8,10-11H2. The normalized spacial score (nSPS) is 23.6. The summed E-state index contributed by atoms with van der Waals surface area (Å²) >= 11 is 2.83. The number of piperidine rings is 1. The van der Waals surface area contributed by atoms with E-state index >= 15 is 0 Å². The lowest BCUT2D eigenvalue weighted by atomic mass is 9.90. The summed E-state index contributed by atoms with van der Waals surface area (Å²) in [5.41, 5.74) is -1.61. The smallest absolute Gasteiger partial charge is 0.363 e. The summed E-state index contributed by atoms with van der Waals surface area (Å²) in [6.07, 6.45) is -1.91. The maximum absolute atomic E-state index is 13.1. The zero-order valence-electron chi connectivity index (χ0n) is 15.4. The van der Waals surface area contributed by atoms with Crippen molar-refractivity contribution < 1.29 is 31.1 Å². The van der Waals surface area contributed by atoms with E-state index in [1.165, 1.54) is 10.4 Å². The molecule has 2 aliphatic heterocycles. The van der Waals surface area contributed by atoms with E-state index in [2.05, 4.69) is 15.9 Å². The highest BCUT2D eigenvalue weighted by molar-refractivity contribution is 9.10. The van der Waals surface area contributed by atoms with Crippen LogP contribution in [0.1, 0.15) is 31.2 Å². The van der Waals surface area contributed by atoms with Gasteiger partial charge in [-0.3, -0.25) is 4.79 Å². The van der Waals surface area contributed by atoms with E-state index in [0.29, 0.717) is 25.5 Å². The van der Waals surface area contributed by atoms with Crippen molar-refractivity contribution in [3.63, 3.8) is 0 Å². The Morgan fingerprint density at radius 1 is 1.17 bits per heavy atom. The van der Waals surface area contributed by atoms with E-state index in [1.807, 2.05) is 4.90 Å². The SMILES string of the molecule is O=C1COC2(CCN(S(=O)(=O)c3ccc(Br)c(C(F)(F)F)c3)CC2)CN1C1CC1. The predicted octanol–water partition coefficient (Wildman–Crippen LogP) is 3.01. The van der Waals surface area contributed by atoms with Crippen molar-refractivity contribution in [3.05, 3.63) is 28.2 Å². The average molecular weight is 497 g/mol. The molecule has 1 aliphatic carbocycles. The Morgan fingerprint density at radius 3 is 2.41 bits per heavy atom. The molecular formula is C18H20BrF3N2O4S. The van der Waals surface area contributed by atoms with Crippen LogP contribution in [-0.4, -0.2) is 61.4 Å². The Hall–Kier alpha value is -1.17. The molecule has 3 fully saturated rings. The van der Waals surface area contributed by atoms with Gasteiger partial charge < -0.3 is 9.64 Å². The fraction of sp³-hybridized carbons (Fsp3) is 0.611. The maximum Gasteiger partial charge on any atom is 0.417 e. The number of carbonyl (C=O) groups excluding carboxylic acids is 1. The fourth-order valence-electron chi connectivity index (χ4n) is 3.93. The molecule has 1 aromatic carbocycles. The minimum Gasteiger partial charge on any atom is -0.363 e. The maximum atomic E-state index is 13.1. The topological polar surface area (TPSA) is 66.9 Å². The molecule has 4 rings (SSSR count). The van der Waals surface area contributed by atoms with Crippen LogP contribution < -0.4 is 0 Å². The van der Waals surface area contributed by atoms with E-state index < -0.39 is 27.4 Å². The molecule has 0 bridgehead atoms. The van der Waals surface area contributed by atoms with Crippen LogP contribution in [0.2, 0.25) is 0 Å². The number of alkyl halides is 3. The number of amides is 1. The molecule has 160 valence electrons. The number of ether oxygens (including phenoxy) is 1. The molecule has 1 saturated carbocycles. The third-order valence-electron chi connectivity index (χ3n) is 5.78. The van der Waals surface area contributed by atoms with Crippen LogP contribution in [0.25, 0.3) is 0 Å². The van der Waals surface area contributed by atoms with Crippen molar-refractivity contribution in [2.75, 3.05) is 26.2 Å². The van der Waals surface area contributed by atoms with Gasteiger partial charge in [0.25, 0.3) is 0 Å². The minimum atomic E-state index is -4.66. The summed E-state index contributed by atoms with van der Waals surface area (Å²) < 4.78 is 72.1. The fourth-order valence-corrected chi connectivity index (χ4v) is 5.87. The molecule has 1 aromatic rings. The van der Waals surface area contributed by atoms with Gasteiger partial charge in [-0.05, 0) is 43.9 Å². The van der Waals surface area contributed by atoms with Crippen molar-refractivity contribution in [2.45, 2.75) is 48.4 Å². The van der Waals surface area contributed by atoms with Crippen LogP contribution in [0.5, 0.6) is 0 Å². The predicted molar refractivity (Wildman–Crippen MR) is 101 cm³/mol. The van der Waals surface area contributed by atoms with E-state index in [4.69, 9.17) is 4.74 Å². The van der Waals surface area contributed by atoms with E-state index in [1.54, 1.807) is 0 Å². The number of rotatable bonds is 3. The summed E-state index contributed by atoms with van der Waals surface area (Å²) in [6, 6.07) is 3.19. The summed E-state index contributed by atoms with van der Waals surface area (Å²) in [7, 11) is -4.07. The van der Waals surface area contributed by atoms with E-state index in [9.17, 15) is 26.4 Å². The molecular weight excluding hydrogens is 477 g/mol. The Balaban J connectivity index is 1.50. The highest BCUT2D eigenvalue weighted by Gasteiger charge is 2.47. The number of nitrogens with zero attached hydrogens (tertiary/aromatic N) is 2. The summed E-state index contributed by atoms with van der Waals surface area (Å²) in [6.45, 7) is 0.699. The Labute approximate surface area is 175 Å². The van der Waals surface area contributed by atoms with Gasteiger partial charge in [0.1, 0.15) is 6.61 Å². The van der Waals surface area contributed by atoms with Gasteiger partial charge in [0.15, 0.2) is 0 Å². The van der Waals surface area contributed by atoms with Gasteiger partial charge in [-0.2, -0.15) is 17.5 Å². The van der Waals surface area contributed by atoms with Crippen LogP contribution in [0, 0.1) is 0 Å². The highest BCUT2D eigenvalue weighted by Crippen LogP contribution is 2.39. The zero-order chi connectivity index (χ0) is 21.0. The van der Waals surface area contributed by atoms with Crippen LogP contribution in [-0.2, 0) is 25.7 Å². The van der Waals surface area contributed by atoms with Gasteiger partial charge in [-0.25, -0.2) is 8.42 Å². The summed E-state index contributed by atoms with van der Waals surface area (Å²) in [5.74, 6) is -0.0391. The van der Waals surface area contributed by atoms with Crippen molar-refractivity contribution in [1.29, 1.82) is 0 Å². The third kappa shape index (κ3) is 4.06. The number of benzene rings is 1. The monoisotopic (exact) mass is 496 g/mol. The van der Waals surface area contributed by atoms with Crippen molar-refractivity contribution in [2.24, 2.45) is 0 Å². The average Bonchev–Trinajstić information content (AvgIpc) is 3.49. The molecule has 29 heavy (non-hydrogen) atoms. The molecule has 2 saturated heterocycles. The number of sulfonamides is 1. The van der Waals surface area contributed by atoms with Crippen molar-refractivity contribution in [3.8, 4) is 0 Å². The molecule has 0 atom stereocenters. The van der Waals surface area contributed by atoms with Crippen molar-refractivity contribution >= 4 is 31.9 Å². The van der Waals surface area contributed by atoms with Crippen LogP contribution >= 0.6 is 15.9 Å². The van der Waals surface area contributed by atoms with Crippen LogP contribution in [0.15, 0.2) is 27.6 Å². The Morgan fingerprint density at radius 2 is 1.83 bits per heavy atom. The molecule has 1 amide bonds. The molecule has 0 radical (unpaired) electrons. The number of halogens is 4. The molecule has 0 N–H and O–H groups in total. The zero-order valence-corrected chi connectivity index (χ0v) is 17.8. The number of hydrogen-bond donors (Lipinski definition) is 0. The second-order valence-electron chi connectivity index (χ2n) is 7.77. The number of hydrogen-bond acceptors (Lipinski definition) is 4. The summed E-state index contributed by atoms with van der Waals surface area (Å²) in [4.78, 5) is 13.5. The lowest BCUT2D eigenvalue weighted by molar-refractivity contribution is -0.170. The number of carbonyl (C=O) groups is 1. The van der Waals surface area contributed by atoms with Gasteiger partial charge in [0.05, 0.1) is 22.6 Å². The van der Waals surface area contributed by atoms with Crippen LogP contribution in [0.4, 0.5) is 13.2 Å². The van der Waals surface area contributed by atoms with Crippen LogP contribution in [0.3, 0.4) is 0 Å². The van der Waals surface area contributed by atoms with E-state index in [-0.39, 0.29) is 41.0 Å². The molecule has 0 unspecified atom stereocenters. The van der Waals surface area contributed by atoms with Gasteiger partial charge >= 0.3 is 6.18 Å². The first-order chi connectivity index (χ1) is 13.5. The molecule has 0 aromatic heterocycles. The van der Waals surface area contributed by atoms with Crippen molar-refractivity contribution in [1.82, 2.24) is 9.21 Å². The van der Waals surface area contributed by atoms with Gasteiger partial charge in [-0.15, -0.1) is 0 Å². The van der Waals surface area contributed by atoms with Gasteiger partial charge in [0.2, 0.25) is 15.9 Å². The minimum absolute atomic E-state index is 0.00902. The lowest BCUT2D eigenvalue weighted by Gasteiger charge is -2.46. The highest BCUT2D eigenvalue weighted by atomic mass is 79.9. The third-order valence-corrected chi connectivity index (χ3v) is 8.37. The Kier molecular flexibility index (Phi) is 5.24. The Bertz CT molecular complexity index is 926. The molecule has 6 nitrogen and oxygen atoms in total. The second-order valence-corrected chi connectivity index (χ2v) is 10.6. The van der Waals surface area contributed by atoms with Gasteiger partial charge in [0, 0.05) is 23.6 Å².